The highest BCUT2D eigenvalue weighted by Gasteiger charge is 2.18. The second-order valence-electron chi connectivity index (χ2n) is 5.21. The van der Waals surface area contributed by atoms with E-state index in [-0.39, 0.29) is 17.7 Å². The molecule has 0 aliphatic rings. The molecule has 0 spiro atoms. The molecule has 0 unspecified atom stereocenters. The zero-order valence-electron chi connectivity index (χ0n) is 14.0. The molecule has 0 bridgehead atoms. The van der Waals surface area contributed by atoms with Crippen molar-refractivity contribution in [3.63, 3.8) is 0 Å². The number of ether oxygens (including phenoxy) is 1. The molecule has 2 rings (SSSR count). The van der Waals surface area contributed by atoms with E-state index in [0.717, 1.165) is 17.4 Å². The number of amides is 1. The van der Waals surface area contributed by atoms with E-state index in [1.807, 2.05) is 11.5 Å². The summed E-state index contributed by atoms with van der Waals surface area (Å²) in [6, 6.07) is 1.85. The third-order valence-corrected chi connectivity index (χ3v) is 5.00. The van der Waals surface area contributed by atoms with E-state index < -0.39 is 5.97 Å². The largest absolute Gasteiger partial charge is 0.465 e. The van der Waals surface area contributed by atoms with Gasteiger partial charge in [0.05, 0.1) is 18.4 Å². The van der Waals surface area contributed by atoms with Gasteiger partial charge in [-0.2, -0.15) is 0 Å². The Balaban J connectivity index is 2.01. The van der Waals surface area contributed by atoms with Crippen LogP contribution in [-0.2, 0) is 16.0 Å². The van der Waals surface area contributed by atoms with Gasteiger partial charge in [0.1, 0.15) is 10.8 Å². The van der Waals surface area contributed by atoms with Crippen LogP contribution in [0.2, 0.25) is 0 Å². The number of hydrogen-bond donors (Lipinski definition) is 1. The van der Waals surface area contributed by atoms with Crippen LogP contribution in [0.25, 0.3) is 0 Å². The molecule has 2 aromatic heterocycles. The molecule has 1 N–H and O–H groups in total. The molecule has 0 atom stereocenters. The van der Waals surface area contributed by atoms with Crippen LogP contribution in [0.4, 0.5) is 5.00 Å². The summed E-state index contributed by atoms with van der Waals surface area (Å²) < 4.78 is 6.72. The maximum Gasteiger partial charge on any atom is 0.340 e. The number of thioether (sulfide) groups is 1. The molecule has 0 aliphatic carbocycles. The molecule has 130 valence electrons. The molecule has 7 nitrogen and oxygen atoms in total. The lowest BCUT2D eigenvalue weighted by molar-refractivity contribution is -0.113. The molecule has 0 saturated heterocycles. The fourth-order valence-electron chi connectivity index (χ4n) is 2.14. The van der Waals surface area contributed by atoms with E-state index in [2.05, 4.69) is 29.4 Å². The lowest BCUT2D eigenvalue weighted by Crippen LogP contribution is -2.16. The van der Waals surface area contributed by atoms with Gasteiger partial charge in [-0.05, 0) is 25.3 Å². The van der Waals surface area contributed by atoms with Crippen molar-refractivity contribution in [2.24, 2.45) is 0 Å². The van der Waals surface area contributed by atoms with Gasteiger partial charge in [-0.25, -0.2) is 4.79 Å². The molecular weight excluding hydrogens is 348 g/mol. The first-order chi connectivity index (χ1) is 11.5. The summed E-state index contributed by atoms with van der Waals surface area (Å²) in [5, 5.41) is 14.0. The Labute approximate surface area is 148 Å². The SMILES string of the molecule is CCc1nnc(SCC(=O)Nc2sccc2C(=O)OC)n1C(C)C. The number of aryl methyl sites for hydroxylation is 1. The normalized spacial score (nSPS) is 10.9. The van der Waals surface area contributed by atoms with E-state index in [1.165, 1.54) is 30.2 Å². The molecule has 0 radical (unpaired) electrons. The zero-order valence-corrected chi connectivity index (χ0v) is 15.7. The van der Waals surface area contributed by atoms with Crippen LogP contribution in [0, 0.1) is 0 Å². The summed E-state index contributed by atoms with van der Waals surface area (Å²) in [5.74, 6) is 0.419. The van der Waals surface area contributed by atoms with E-state index in [4.69, 9.17) is 4.74 Å². The minimum absolute atomic E-state index is 0.188. The Morgan fingerprint density at radius 2 is 2.17 bits per heavy atom. The summed E-state index contributed by atoms with van der Waals surface area (Å²) in [6.45, 7) is 6.14. The first-order valence-electron chi connectivity index (χ1n) is 7.50. The van der Waals surface area contributed by atoms with Gasteiger partial charge in [0.15, 0.2) is 5.16 Å². The van der Waals surface area contributed by atoms with Crippen LogP contribution in [0.1, 0.15) is 43.0 Å². The number of nitrogens with zero attached hydrogens (tertiary/aromatic N) is 3. The van der Waals surface area contributed by atoms with Crippen molar-refractivity contribution in [3.05, 3.63) is 22.8 Å². The van der Waals surface area contributed by atoms with Crippen LogP contribution >= 0.6 is 23.1 Å². The summed E-state index contributed by atoms with van der Waals surface area (Å²) in [4.78, 5) is 23.8. The second-order valence-corrected chi connectivity index (χ2v) is 7.07. The topological polar surface area (TPSA) is 86.1 Å². The van der Waals surface area contributed by atoms with Gasteiger partial charge in [0.2, 0.25) is 5.91 Å². The number of nitrogens with one attached hydrogen (secondary N) is 1. The fraction of sp³-hybridized carbons (Fsp3) is 0.467. The number of carbonyl (C=O) groups is 2. The van der Waals surface area contributed by atoms with Gasteiger partial charge < -0.3 is 14.6 Å². The standard InChI is InChI=1S/C15H20N4O3S2/c1-5-11-17-18-15(19(11)9(2)3)24-8-12(20)16-13-10(6-7-23-13)14(21)22-4/h6-7,9H,5,8H2,1-4H3,(H,16,20). The lowest BCUT2D eigenvalue weighted by Gasteiger charge is -2.12. The molecule has 0 aromatic carbocycles. The monoisotopic (exact) mass is 368 g/mol. The second kappa shape index (κ2) is 8.29. The number of methoxy groups -OCH3 is 1. The number of hydrogen-bond acceptors (Lipinski definition) is 7. The van der Waals surface area contributed by atoms with Gasteiger partial charge in [0.25, 0.3) is 0 Å². The van der Waals surface area contributed by atoms with Crippen molar-refractivity contribution in [2.75, 3.05) is 18.2 Å². The molecule has 0 saturated carbocycles. The molecule has 2 aromatic rings. The number of esters is 1. The molecule has 0 fully saturated rings. The summed E-state index contributed by atoms with van der Waals surface area (Å²) in [6.07, 6.45) is 0.787. The van der Waals surface area contributed by atoms with Crippen LogP contribution in [0.15, 0.2) is 16.6 Å². The Morgan fingerprint density at radius 1 is 1.42 bits per heavy atom. The number of rotatable bonds is 7. The minimum Gasteiger partial charge on any atom is -0.465 e. The van der Waals surface area contributed by atoms with Crippen molar-refractivity contribution in [1.82, 2.24) is 14.8 Å². The minimum atomic E-state index is -0.466. The van der Waals surface area contributed by atoms with Crippen LogP contribution in [0.5, 0.6) is 0 Å². The van der Waals surface area contributed by atoms with Crippen molar-refractivity contribution < 1.29 is 14.3 Å². The predicted molar refractivity (Wildman–Crippen MR) is 94.8 cm³/mol. The maximum atomic E-state index is 12.2. The molecule has 0 aliphatic heterocycles. The Morgan fingerprint density at radius 3 is 2.79 bits per heavy atom. The first-order valence-corrected chi connectivity index (χ1v) is 9.36. The summed E-state index contributed by atoms with van der Waals surface area (Å²) >= 11 is 2.61. The van der Waals surface area contributed by atoms with E-state index in [9.17, 15) is 9.59 Å². The highest BCUT2D eigenvalue weighted by atomic mass is 32.2. The highest BCUT2D eigenvalue weighted by molar-refractivity contribution is 7.99. The number of anilines is 1. The zero-order chi connectivity index (χ0) is 17.7. The van der Waals surface area contributed by atoms with Gasteiger partial charge >= 0.3 is 5.97 Å². The average Bonchev–Trinajstić information content (AvgIpc) is 3.18. The van der Waals surface area contributed by atoms with Gasteiger partial charge in [0, 0.05) is 12.5 Å². The van der Waals surface area contributed by atoms with Gasteiger partial charge in [-0.1, -0.05) is 18.7 Å². The van der Waals surface area contributed by atoms with E-state index in [1.54, 1.807) is 11.4 Å². The Bertz CT molecular complexity index is 724. The molecule has 9 heteroatoms. The van der Waals surface area contributed by atoms with Crippen LogP contribution < -0.4 is 5.32 Å². The summed E-state index contributed by atoms with van der Waals surface area (Å²) in [5.41, 5.74) is 0.361. The smallest absolute Gasteiger partial charge is 0.340 e. The van der Waals surface area contributed by atoms with Crippen molar-refractivity contribution in [1.29, 1.82) is 0 Å². The molecule has 24 heavy (non-hydrogen) atoms. The third kappa shape index (κ3) is 4.15. The van der Waals surface area contributed by atoms with E-state index >= 15 is 0 Å². The average molecular weight is 368 g/mol. The quantitative estimate of drug-likeness (QED) is 0.597. The van der Waals surface area contributed by atoms with E-state index in [0.29, 0.717) is 10.6 Å². The first kappa shape index (κ1) is 18.5. The predicted octanol–water partition coefficient (Wildman–Crippen LogP) is 3.00. The molecule has 1 amide bonds. The van der Waals surface area contributed by atoms with Gasteiger partial charge in [-0.3, -0.25) is 4.79 Å². The maximum absolute atomic E-state index is 12.2. The van der Waals surface area contributed by atoms with Crippen molar-refractivity contribution in [3.8, 4) is 0 Å². The molecular formula is C15H20N4O3S2. The highest BCUT2D eigenvalue weighted by Crippen LogP contribution is 2.25. The molecule has 2 heterocycles. The fourth-order valence-corrected chi connectivity index (χ4v) is 3.81. The Kier molecular flexibility index (Phi) is 6.38. The van der Waals surface area contributed by atoms with Crippen molar-refractivity contribution >= 4 is 40.0 Å². The number of thiophene rings is 1. The lowest BCUT2D eigenvalue weighted by atomic mass is 10.3. The van der Waals surface area contributed by atoms with Crippen LogP contribution in [-0.4, -0.2) is 39.5 Å². The number of aromatic nitrogens is 3. The third-order valence-electron chi connectivity index (χ3n) is 3.22. The Hall–Kier alpha value is -1.87. The summed E-state index contributed by atoms with van der Waals surface area (Å²) in [7, 11) is 1.31. The number of carbonyl (C=O) groups excluding carboxylic acids is 2. The van der Waals surface area contributed by atoms with Crippen LogP contribution in [0.3, 0.4) is 0 Å². The van der Waals surface area contributed by atoms with Gasteiger partial charge in [-0.15, -0.1) is 21.5 Å². The van der Waals surface area contributed by atoms with Crippen molar-refractivity contribution in [2.45, 2.75) is 38.4 Å².